The molecule has 0 saturated heterocycles. The fourth-order valence-corrected chi connectivity index (χ4v) is 5.26. The van der Waals surface area contributed by atoms with Crippen LogP contribution >= 0.6 is 23.4 Å². The highest BCUT2D eigenvalue weighted by molar-refractivity contribution is 7.99. The van der Waals surface area contributed by atoms with E-state index >= 15 is 0 Å². The molecule has 0 fully saturated rings. The molecule has 0 aliphatic carbocycles. The van der Waals surface area contributed by atoms with Crippen LogP contribution in [-0.4, -0.2) is 50.1 Å². The second-order valence-corrected chi connectivity index (χ2v) is 10.3. The number of carbonyl (C=O) groups is 1. The van der Waals surface area contributed by atoms with Gasteiger partial charge in [-0.05, 0) is 49.6 Å². The Morgan fingerprint density at radius 2 is 1.75 bits per heavy atom. The lowest BCUT2D eigenvalue weighted by molar-refractivity contribution is -0.118. The normalized spacial score (nSPS) is 11.1. The van der Waals surface area contributed by atoms with Crippen LogP contribution in [0.5, 0.6) is 11.5 Å². The van der Waals surface area contributed by atoms with Gasteiger partial charge in [-0.1, -0.05) is 47.6 Å². The highest BCUT2D eigenvalue weighted by Gasteiger charge is 2.20. The largest absolute Gasteiger partial charge is 0.490 e. The maximum absolute atomic E-state index is 13.3. The summed E-state index contributed by atoms with van der Waals surface area (Å²) in [6, 6.07) is 12.8. The Labute approximate surface area is 240 Å². The topological polar surface area (TPSA) is 109 Å². The minimum Gasteiger partial charge on any atom is -0.490 e. The summed E-state index contributed by atoms with van der Waals surface area (Å²) in [6.45, 7) is 5.40. The number of nitrogens with zero attached hydrogens (tertiary/aromatic N) is 4. The number of hydrogen-bond donors (Lipinski definition) is 1. The first-order chi connectivity index (χ1) is 19.2. The summed E-state index contributed by atoms with van der Waals surface area (Å²) >= 11 is 7.46. The Hall–Kier alpha value is -3.70. The van der Waals surface area contributed by atoms with Crippen molar-refractivity contribution in [3.63, 3.8) is 0 Å². The van der Waals surface area contributed by atoms with Crippen LogP contribution in [0, 0.1) is 0 Å². The Morgan fingerprint density at radius 3 is 2.48 bits per heavy atom. The minimum atomic E-state index is -0.494. The van der Waals surface area contributed by atoms with Gasteiger partial charge in [-0.15, -0.1) is 0 Å². The molecule has 0 bridgehead atoms. The quantitative estimate of drug-likeness (QED) is 0.254. The molecule has 2 aromatic carbocycles. The van der Waals surface area contributed by atoms with E-state index in [2.05, 4.69) is 10.3 Å². The van der Waals surface area contributed by atoms with Gasteiger partial charge in [0, 0.05) is 25.7 Å². The molecule has 212 valence electrons. The first-order valence-corrected chi connectivity index (χ1v) is 14.3. The Balaban J connectivity index is 1.43. The standard InChI is InChI=1S/C28H32ClN5O5S/c1-5-38-21-12-11-18(15-22(21)39-6-2)13-14-30-23(35)17-40-27-31-25-24(32(27)3)26(36)34(28(37)33(25)4)16-19-9-7-8-10-20(19)29/h7-12,15H,5-6,13-14,16-17H2,1-4H3,(H,30,35). The molecule has 2 heterocycles. The van der Waals surface area contributed by atoms with Crippen molar-refractivity contribution in [2.45, 2.75) is 32.0 Å². The SMILES string of the molecule is CCOc1ccc(CCNC(=O)CSc2nc3c(c(=O)n(Cc4ccccc4Cl)c(=O)n3C)n2C)cc1OCC. The van der Waals surface area contributed by atoms with Gasteiger partial charge in [0.2, 0.25) is 5.91 Å². The van der Waals surface area contributed by atoms with Crippen molar-refractivity contribution >= 4 is 40.4 Å². The summed E-state index contributed by atoms with van der Waals surface area (Å²) in [6.07, 6.45) is 0.627. The third-order valence-electron chi connectivity index (χ3n) is 6.28. The van der Waals surface area contributed by atoms with E-state index in [1.807, 2.05) is 32.0 Å². The van der Waals surface area contributed by atoms with Crippen molar-refractivity contribution < 1.29 is 14.3 Å². The van der Waals surface area contributed by atoms with E-state index in [1.165, 1.54) is 16.3 Å². The van der Waals surface area contributed by atoms with E-state index in [1.54, 1.807) is 42.9 Å². The zero-order chi connectivity index (χ0) is 28.8. The molecule has 1 amide bonds. The second kappa shape index (κ2) is 13.1. The van der Waals surface area contributed by atoms with Crippen LogP contribution in [0.15, 0.2) is 57.2 Å². The number of nitrogens with one attached hydrogen (secondary N) is 1. The fraction of sp³-hybridized carbons (Fsp3) is 0.357. The molecule has 40 heavy (non-hydrogen) atoms. The van der Waals surface area contributed by atoms with Crippen molar-refractivity contribution in [2.75, 3.05) is 25.5 Å². The highest BCUT2D eigenvalue weighted by atomic mass is 35.5. The van der Waals surface area contributed by atoms with Crippen molar-refractivity contribution in [3.05, 3.63) is 79.5 Å². The Morgan fingerprint density at radius 1 is 1.02 bits per heavy atom. The summed E-state index contributed by atoms with van der Waals surface area (Å²) < 4.78 is 15.4. The summed E-state index contributed by atoms with van der Waals surface area (Å²) in [4.78, 5) is 43.4. The maximum Gasteiger partial charge on any atom is 0.332 e. The number of aromatic nitrogens is 4. The molecule has 0 aliphatic heterocycles. The molecule has 1 N–H and O–H groups in total. The molecular formula is C28H32ClN5O5S. The van der Waals surface area contributed by atoms with Gasteiger partial charge in [0.05, 0.1) is 25.5 Å². The monoisotopic (exact) mass is 585 g/mol. The van der Waals surface area contributed by atoms with E-state index in [0.717, 1.165) is 10.1 Å². The van der Waals surface area contributed by atoms with Crippen molar-refractivity contribution in [2.24, 2.45) is 14.1 Å². The van der Waals surface area contributed by atoms with Crippen molar-refractivity contribution in [3.8, 4) is 11.5 Å². The lowest BCUT2D eigenvalue weighted by Gasteiger charge is -2.12. The van der Waals surface area contributed by atoms with Crippen LogP contribution in [0.2, 0.25) is 5.02 Å². The van der Waals surface area contributed by atoms with Crippen LogP contribution < -0.4 is 26.0 Å². The maximum atomic E-state index is 13.3. The van der Waals surface area contributed by atoms with Gasteiger partial charge in [-0.25, -0.2) is 9.78 Å². The summed E-state index contributed by atoms with van der Waals surface area (Å²) in [5, 5.41) is 3.85. The molecule has 0 radical (unpaired) electrons. The molecule has 0 atom stereocenters. The van der Waals surface area contributed by atoms with E-state index in [0.29, 0.717) is 53.4 Å². The molecule has 0 aliphatic rings. The number of halogens is 1. The van der Waals surface area contributed by atoms with Gasteiger partial charge in [-0.2, -0.15) is 0 Å². The van der Waals surface area contributed by atoms with Gasteiger partial charge in [0.1, 0.15) is 0 Å². The first-order valence-electron chi connectivity index (χ1n) is 12.9. The average molecular weight is 586 g/mol. The number of benzene rings is 2. The first kappa shape index (κ1) is 29.3. The zero-order valence-corrected chi connectivity index (χ0v) is 24.5. The molecular weight excluding hydrogens is 554 g/mol. The van der Waals surface area contributed by atoms with E-state index in [-0.39, 0.29) is 29.4 Å². The number of thioether (sulfide) groups is 1. The van der Waals surface area contributed by atoms with Gasteiger partial charge in [0.15, 0.2) is 27.8 Å². The molecule has 4 aromatic rings. The third kappa shape index (κ3) is 6.37. The lowest BCUT2D eigenvalue weighted by Crippen LogP contribution is -2.39. The molecule has 10 nitrogen and oxygen atoms in total. The van der Waals surface area contributed by atoms with Crippen LogP contribution in [0.3, 0.4) is 0 Å². The van der Waals surface area contributed by atoms with E-state index in [4.69, 9.17) is 21.1 Å². The Kier molecular flexibility index (Phi) is 9.59. The molecule has 4 rings (SSSR count). The number of amides is 1. The predicted octanol–water partition coefficient (Wildman–Crippen LogP) is 3.38. The van der Waals surface area contributed by atoms with Crippen LogP contribution in [0.1, 0.15) is 25.0 Å². The molecule has 0 unspecified atom stereocenters. The lowest BCUT2D eigenvalue weighted by atomic mass is 10.1. The number of carbonyl (C=O) groups excluding carboxylic acids is 1. The second-order valence-electron chi connectivity index (χ2n) is 8.99. The third-order valence-corrected chi connectivity index (χ3v) is 7.68. The molecule has 0 saturated carbocycles. The number of rotatable bonds is 12. The number of imidazole rings is 1. The predicted molar refractivity (Wildman–Crippen MR) is 157 cm³/mol. The average Bonchev–Trinajstić information content (AvgIpc) is 3.27. The van der Waals surface area contributed by atoms with Crippen LogP contribution in [0.4, 0.5) is 0 Å². The zero-order valence-electron chi connectivity index (χ0n) is 22.9. The summed E-state index contributed by atoms with van der Waals surface area (Å²) in [5.74, 6) is 1.32. The van der Waals surface area contributed by atoms with Crippen molar-refractivity contribution in [1.29, 1.82) is 0 Å². The van der Waals surface area contributed by atoms with Gasteiger partial charge < -0.3 is 19.4 Å². The molecule has 12 heteroatoms. The minimum absolute atomic E-state index is 0.0393. The van der Waals surface area contributed by atoms with Gasteiger partial charge >= 0.3 is 5.69 Å². The van der Waals surface area contributed by atoms with Gasteiger partial charge in [-0.3, -0.25) is 18.7 Å². The fourth-order valence-electron chi connectivity index (χ4n) is 4.27. The van der Waals surface area contributed by atoms with E-state index in [9.17, 15) is 14.4 Å². The van der Waals surface area contributed by atoms with Crippen molar-refractivity contribution in [1.82, 2.24) is 24.0 Å². The van der Waals surface area contributed by atoms with Crippen LogP contribution in [0.25, 0.3) is 11.2 Å². The molecule has 0 spiro atoms. The number of aryl methyl sites for hydroxylation is 2. The van der Waals surface area contributed by atoms with Gasteiger partial charge in [0.25, 0.3) is 5.56 Å². The summed E-state index contributed by atoms with van der Waals surface area (Å²) in [7, 11) is 3.27. The smallest absolute Gasteiger partial charge is 0.332 e. The number of fused-ring (bicyclic) bond motifs is 1. The number of hydrogen-bond acceptors (Lipinski definition) is 7. The van der Waals surface area contributed by atoms with Crippen LogP contribution in [-0.2, 0) is 31.9 Å². The Bertz CT molecular complexity index is 1640. The number of ether oxygens (including phenoxy) is 2. The van der Waals surface area contributed by atoms with E-state index < -0.39 is 11.2 Å². The molecule has 2 aromatic heterocycles. The summed E-state index contributed by atoms with van der Waals surface area (Å²) in [5.41, 5.74) is 1.26. The highest BCUT2D eigenvalue weighted by Crippen LogP contribution is 2.28.